The molecule has 0 spiro atoms. The van der Waals surface area contributed by atoms with Crippen LogP contribution in [0.15, 0.2) is 42.5 Å². The maximum Gasteiger partial charge on any atom is 0.319 e. The van der Waals surface area contributed by atoms with Crippen LogP contribution in [0.4, 0.5) is 10.5 Å². The van der Waals surface area contributed by atoms with Gasteiger partial charge in [-0.15, -0.1) is 0 Å². The fourth-order valence-corrected chi connectivity index (χ4v) is 2.52. The van der Waals surface area contributed by atoms with Crippen molar-refractivity contribution < 1.29 is 9.53 Å². The molecule has 1 atom stereocenters. The number of hydrogen-bond acceptors (Lipinski definition) is 2. The smallest absolute Gasteiger partial charge is 0.319 e. The van der Waals surface area contributed by atoms with E-state index in [9.17, 15) is 4.79 Å². The van der Waals surface area contributed by atoms with Crippen molar-refractivity contribution in [2.45, 2.75) is 26.3 Å². The van der Waals surface area contributed by atoms with Crippen LogP contribution in [0.25, 0.3) is 0 Å². The third-order valence-electron chi connectivity index (χ3n) is 3.64. The Morgan fingerprint density at radius 1 is 1.22 bits per heavy atom. The first-order valence-corrected chi connectivity index (χ1v) is 7.89. The number of amides is 2. The SMILES string of the molecule is CCC(NC(=O)Nc1ccc(Cl)cc1)c1ccc(OC)c(C)c1. The predicted molar refractivity (Wildman–Crippen MR) is 94.4 cm³/mol. The molecule has 0 aromatic heterocycles. The third kappa shape index (κ3) is 4.63. The van der Waals surface area contributed by atoms with E-state index in [1.54, 1.807) is 31.4 Å². The molecule has 2 N–H and O–H groups in total. The van der Waals surface area contributed by atoms with Gasteiger partial charge < -0.3 is 15.4 Å². The van der Waals surface area contributed by atoms with Crippen molar-refractivity contribution >= 4 is 23.3 Å². The van der Waals surface area contributed by atoms with Crippen LogP contribution in [0.5, 0.6) is 5.75 Å². The van der Waals surface area contributed by atoms with Crippen LogP contribution in [0.2, 0.25) is 5.02 Å². The van der Waals surface area contributed by atoms with Crippen molar-refractivity contribution in [2.24, 2.45) is 0 Å². The standard InChI is InChI=1S/C18H21ClN2O2/c1-4-16(13-5-10-17(23-3)12(2)11-13)21-18(22)20-15-8-6-14(19)7-9-15/h5-11,16H,4H2,1-3H3,(H2,20,21,22). The molecule has 0 saturated carbocycles. The highest BCUT2D eigenvalue weighted by Gasteiger charge is 2.14. The lowest BCUT2D eigenvalue weighted by atomic mass is 10.0. The lowest BCUT2D eigenvalue weighted by molar-refractivity contribution is 0.248. The van der Waals surface area contributed by atoms with Crippen LogP contribution in [0.1, 0.15) is 30.5 Å². The van der Waals surface area contributed by atoms with Gasteiger partial charge in [0.25, 0.3) is 0 Å². The second-order valence-electron chi connectivity index (χ2n) is 5.30. The summed E-state index contributed by atoms with van der Waals surface area (Å²) in [5.74, 6) is 0.842. The molecule has 2 amide bonds. The number of aryl methyl sites for hydroxylation is 1. The van der Waals surface area contributed by atoms with Gasteiger partial charge in [-0.2, -0.15) is 0 Å². The molecule has 122 valence electrons. The molecular formula is C18H21ClN2O2. The number of ether oxygens (including phenoxy) is 1. The average Bonchev–Trinajstić information content (AvgIpc) is 2.54. The maximum atomic E-state index is 12.2. The number of carbonyl (C=O) groups excluding carboxylic acids is 1. The maximum absolute atomic E-state index is 12.2. The molecule has 0 bridgehead atoms. The molecule has 1 unspecified atom stereocenters. The summed E-state index contributed by atoms with van der Waals surface area (Å²) in [4.78, 5) is 12.2. The highest BCUT2D eigenvalue weighted by atomic mass is 35.5. The van der Waals surface area contributed by atoms with Crippen molar-refractivity contribution in [3.05, 3.63) is 58.6 Å². The van der Waals surface area contributed by atoms with Crippen LogP contribution in [0, 0.1) is 6.92 Å². The van der Waals surface area contributed by atoms with Gasteiger partial charge in [0.15, 0.2) is 0 Å². The summed E-state index contributed by atoms with van der Waals surface area (Å²) in [5, 5.41) is 6.43. The van der Waals surface area contributed by atoms with Crippen LogP contribution >= 0.6 is 11.6 Å². The average molecular weight is 333 g/mol. The van der Waals surface area contributed by atoms with Gasteiger partial charge in [0.2, 0.25) is 0 Å². The van der Waals surface area contributed by atoms with E-state index < -0.39 is 0 Å². The van der Waals surface area contributed by atoms with E-state index in [0.29, 0.717) is 10.7 Å². The quantitative estimate of drug-likeness (QED) is 0.815. The molecule has 23 heavy (non-hydrogen) atoms. The first-order chi connectivity index (χ1) is 11.0. The van der Waals surface area contributed by atoms with Crippen molar-refractivity contribution in [3.8, 4) is 5.75 Å². The summed E-state index contributed by atoms with van der Waals surface area (Å²) in [7, 11) is 1.65. The van der Waals surface area contributed by atoms with E-state index in [-0.39, 0.29) is 12.1 Å². The van der Waals surface area contributed by atoms with Crippen molar-refractivity contribution in [2.75, 3.05) is 12.4 Å². The van der Waals surface area contributed by atoms with Gasteiger partial charge in [-0.25, -0.2) is 4.79 Å². The molecule has 0 aliphatic carbocycles. The molecule has 2 aromatic carbocycles. The fraction of sp³-hybridized carbons (Fsp3) is 0.278. The summed E-state index contributed by atoms with van der Waals surface area (Å²) < 4.78 is 5.27. The van der Waals surface area contributed by atoms with E-state index in [4.69, 9.17) is 16.3 Å². The molecule has 0 heterocycles. The van der Waals surface area contributed by atoms with Crippen LogP contribution in [-0.4, -0.2) is 13.1 Å². The van der Waals surface area contributed by atoms with Crippen LogP contribution < -0.4 is 15.4 Å². The minimum absolute atomic E-state index is 0.0630. The number of methoxy groups -OCH3 is 1. The normalized spacial score (nSPS) is 11.7. The summed E-state index contributed by atoms with van der Waals surface area (Å²) in [5.41, 5.74) is 2.80. The predicted octanol–water partition coefficient (Wildman–Crippen LogP) is 4.93. The number of rotatable bonds is 5. The molecule has 0 aliphatic rings. The Bertz CT molecular complexity index is 671. The minimum atomic E-state index is -0.243. The van der Waals surface area contributed by atoms with Gasteiger partial charge in [-0.3, -0.25) is 0 Å². The first-order valence-electron chi connectivity index (χ1n) is 7.51. The van der Waals surface area contributed by atoms with E-state index in [0.717, 1.165) is 23.3 Å². The molecule has 2 aromatic rings. The summed E-state index contributed by atoms with van der Waals surface area (Å²) in [6, 6.07) is 12.6. The topological polar surface area (TPSA) is 50.4 Å². The Balaban J connectivity index is 2.05. The Labute approximate surface area is 141 Å². The van der Waals surface area contributed by atoms with Crippen molar-refractivity contribution in [1.29, 1.82) is 0 Å². The third-order valence-corrected chi connectivity index (χ3v) is 3.89. The molecule has 0 radical (unpaired) electrons. The Morgan fingerprint density at radius 2 is 1.91 bits per heavy atom. The Hall–Kier alpha value is -2.20. The number of halogens is 1. The fourth-order valence-electron chi connectivity index (χ4n) is 2.40. The summed E-state index contributed by atoms with van der Waals surface area (Å²) in [6.45, 7) is 4.02. The summed E-state index contributed by atoms with van der Waals surface area (Å²) >= 11 is 5.84. The second-order valence-corrected chi connectivity index (χ2v) is 5.73. The highest BCUT2D eigenvalue weighted by molar-refractivity contribution is 6.30. The summed E-state index contributed by atoms with van der Waals surface area (Å²) in [6.07, 6.45) is 0.791. The zero-order valence-corrected chi connectivity index (χ0v) is 14.3. The number of nitrogens with one attached hydrogen (secondary N) is 2. The van der Waals surface area contributed by atoms with Crippen molar-refractivity contribution in [1.82, 2.24) is 5.32 Å². The molecule has 4 nitrogen and oxygen atoms in total. The van der Waals surface area contributed by atoms with Gasteiger partial charge in [0.05, 0.1) is 13.2 Å². The first kappa shape index (κ1) is 17.2. The zero-order valence-electron chi connectivity index (χ0n) is 13.5. The number of anilines is 1. The lowest BCUT2D eigenvalue weighted by Gasteiger charge is -2.19. The Morgan fingerprint density at radius 3 is 2.48 bits per heavy atom. The van der Waals surface area contributed by atoms with Crippen molar-refractivity contribution in [3.63, 3.8) is 0 Å². The molecule has 5 heteroatoms. The number of hydrogen-bond donors (Lipinski definition) is 2. The molecule has 0 aliphatic heterocycles. The van der Waals surface area contributed by atoms with Gasteiger partial charge in [-0.05, 0) is 54.8 Å². The number of urea groups is 1. The second kappa shape index (κ2) is 7.88. The molecule has 2 rings (SSSR count). The largest absolute Gasteiger partial charge is 0.496 e. The molecular weight excluding hydrogens is 312 g/mol. The van der Waals surface area contributed by atoms with Gasteiger partial charge in [0.1, 0.15) is 5.75 Å². The molecule has 0 saturated heterocycles. The number of carbonyl (C=O) groups is 1. The Kier molecular flexibility index (Phi) is 5.88. The monoisotopic (exact) mass is 332 g/mol. The van der Waals surface area contributed by atoms with Crippen LogP contribution in [0.3, 0.4) is 0 Å². The minimum Gasteiger partial charge on any atom is -0.496 e. The van der Waals surface area contributed by atoms with Gasteiger partial charge in [-0.1, -0.05) is 30.7 Å². The van der Waals surface area contributed by atoms with E-state index in [1.165, 1.54) is 0 Å². The van der Waals surface area contributed by atoms with E-state index in [1.807, 2.05) is 32.0 Å². The number of benzene rings is 2. The zero-order chi connectivity index (χ0) is 16.8. The van der Waals surface area contributed by atoms with Gasteiger partial charge in [0, 0.05) is 10.7 Å². The van der Waals surface area contributed by atoms with E-state index >= 15 is 0 Å². The lowest BCUT2D eigenvalue weighted by Crippen LogP contribution is -2.32. The van der Waals surface area contributed by atoms with Crippen LogP contribution in [-0.2, 0) is 0 Å². The van der Waals surface area contributed by atoms with Gasteiger partial charge >= 0.3 is 6.03 Å². The highest BCUT2D eigenvalue weighted by Crippen LogP contribution is 2.24. The molecule has 0 fully saturated rings. The van der Waals surface area contributed by atoms with E-state index in [2.05, 4.69) is 10.6 Å².